The van der Waals surface area contributed by atoms with Crippen molar-refractivity contribution in [3.63, 3.8) is 0 Å². The van der Waals surface area contributed by atoms with Crippen molar-refractivity contribution in [1.82, 2.24) is 4.90 Å². The Bertz CT molecular complexity index is 1070. The second-order valence-corrected chi connectivity index (χ2v) is 7.62. The number of halogens is 1. The number of benzene rings is 4. The van der Waals surface area contributed by atoms with Gasteiger partial charge in [-0.05, 0) is 34.4 Å². The fourth-order valence-electron chi connectivity index (χ4n) is 3.54. The predicted octanol–water partition coefficient (Wildman–Crippen LogP) is 6.85. The van der Waals surface area contributed by atoms with Crippen molar-refractivity contribution in [3.05, 3.63) is 131 Å². The Morgan fingerprint density at radius 3 is 1.70 bits per heavy atom. The highest BCUT2D eigenvalue weighted by atomic mass is 35.5. The van der Waals surface area contributed by atoms with Crippen molar-refractivity contribution in [2.45, 2.75) is 13.1 Å². The summed E-state index contributed by atoms with van der Waals surface area (Å²) in [7, 11) is 0. The van der Waals surface area contributed by atoms with E-state index >= 15 is 0 Å². The van der Waals surface area contributed by atoms with Crippen LogP contribution in [0.3, 0.4) is 0 Å². The summed E-state index contributed by atoms with van der Waals surface area (Å²) in [5.74, 6) is -0.0379. The summed E-state index contributed by atoms with van der Waals surface area (Å²) in [5.41, 5.74) is 4.67. The van der Waals surface area contributed by atoms with E-state index in [-0.39, 0.29) is 5.91 Å². The first-order valence-electron chi connectivity index (χ1n) is 9.93. The summed E-state index contributed by atoms with van der Waals surface area (Å²) >= 11 is 6.30. The Morgan fingerprint density at radius 2 is 1.17 bits per heavy atom. The summed E-state index contributed by atoms with van der Waals surface area (Å²) in [5, 5.41) is 0.553. The minimum Gasteiger partial charge on any atom is -0.330 e. The maximum absolute atomic E-state index is 13.8. The highest BCUT2D eigenvalue weighted by Gasteiger charge is 2.21. The average Bonchev–Trinajstić information content (AvgIpc) is 2.80. The van der Waals surface area contributed by atoms with Crippen LogP contribution in [0.25, 0.3) is 11.1 Å². The van der Waals surface area contributed by atoms with Crippen LogP contribution in [0.15, 0.2) is 109 Å². The van der Waals surface area contributed by atoms with E-state index in [0.29, 0.717) is 23.7 Å². The minimum absolute atomic E-state index is 0.0379. The first-order chi connectivity index (χ1) is 14.7. The molecule has 0 saturated carbocycles. The van der Waals surface area contributed by atoms with Crippen LogP contribution in [-0.2, 0) is 13.1 Å². The van der Waals surface area contributed by atoms with Crippen LogP contribution in [0.1, 0.15) is 21.5 Å². The monoisotopic (exact) mass is 411 g/mol. The van der Waals surface area contributed by atoms with Gasteiger partial charge in [-0.1, -0.05) is 109 Å². The molecule has 0 fully saturated rings. The lowest BCUT2D eigenvalue weighted by molar-refractivity contribution is 0.0731. The molecule has 2 nitrogen and oxygen atoms in total. The van der Waals surface area contributed by atoms with Gasteiger partial charge >= 0.3 is 0 Å². The topological polar surface area (TPSA) is 20.3 Å². The molecule has 4 rings (SSSR count). The van der Waals surface area contributed by atoms with E-state index in [1.165, 1.54) is 0 Å². The first-order valence-corrected chi connectivity index (χ1v) is 10.3. The van der Waals surface area contributed by atoms with E-state index < -0.39 is 0 Å². The fraction of sp³-hybridized carbons (Fsp3) is 0.0741. The lowest BCUT2D eigenvalue weighted by atomic mass is 9.98. The van der Waals surface area contributed by atoms with Crippen molar-refractivity contribution in [2.24, 2.45) is 0 Å². The Morgan fingerprint density at radius 1 is 0.667 bits per heavy atom. The Balaban J connectivity index is 1.73. The fourth-order valence-corrected chi connectivity index (χ4v) is 3.71. The van der Waals surface area contributed by atoms with Gasteiger partial charge in [0.15, 0.2) is 0 Å². The SMILES string of the molecule is O=C(c1cc(Cl)ccc1-c1ccccc1)N(Cc1ccccc1)Cc1ccccc1. The minimum atomic E-state index is -0.0379. The standard InChI is InChI=1S/C27H22ClNO/c28-24-16-17-25(23-14-8-3-9-15-23)26(18-24)27(30)29(19-21-10-4-1-5-11-21)20-22-12-6-2-7-13-22/h1-18H,19-20H2. The van der Waals surface area contributed by atoms with Gasteiger partial charge in [-0.3, -0.25) is 4.79 Å². The maximum Gasteiger partial charge on any atom is 0.255 e. The average molecular weight is 412 g/mol. The molecule has 0 bridgehead atoms. The van der Waals surface area contributed by atoms with Gasteiger partial charge in [0.2, 0.25) is 0 Å². The summed E-state index contributed by atoms with van der Waals surface area (Å²) < 4.78 is 0. The van der Waals surface area contributed by atoms with Gasteiger partial charge in [0.25, 0.3) is 5.91 Å². The molecule has 0 radical (unpaired) electrons. The quantitative estimate of drug-likeness (QED) is 0.339. The number of carbonyl (C=O) groups is 1. The summed E-state index contributed by atoms with van der Waals surface area (Å²) in [6, 6.07) is 35.6. The van der Waals surface area contributed by atoms with E-state index in [4.69, 9.17) is 11.6 Å². The molecular formula is C27H22ClNO. The molecule has 0 N–H and O–H groups in total. The lowest BCUT2D eigenvalue weighted by Crippen LogP contribution is -2.30. The zero-order valence-corrected chi connectivity index (χ0v) is 17.3. The van der Waals surface area contributed by atoms with Crippen molar-refractivity contribution < 1.29 is 4.79 Å². The molecule has 0 aliphatic rings. The maximum atomic E-state index is 13.8. The van der Waals surface area contributed by atoms with Crippen LogP contribution >= 0.6 is 11.6 Å². The van der Waals surface area contributed by atoms with Crippen molar-refractivity contribution in [1.29, 1.82) is 0 Å². The van der Waals surface area contributed by atoms with Gasteiger partial charge in [-0.2, -0.15) is 0 Å². The lowest BCUT2D eigenvalue weighted by Gasteiger charge is -2.24. The molecule has 148 valence electrons. The van der Waals surface area contributed by atoms with Crippen molar-refractivity contribution in [3.8, 4) is 11.1 Å². The van der Waals surface area contributed by atoms with Gasteiger partial charge in [0, 0.05) is 23.7 Å². The first kappa shape index (κ1) is 19.9. The number of carbonyl (C=O) groups excluding carboxylic acids is 1. The zero-order valence-electron chi connectivity index (χ0n) is 16.5. The summed E-state index contributed by atoms with van der Waals surface area (Å²) in [4.78, 5) is 15.6. The Hall–Kier alpha value is -3.36. The summed E-state index contributed by atoms with van der Waals surface area (Å²) in [6.45, 7) is 1.05. The molecule has 4 aromatic carbocycles. The third-order valence-electron chi connectivity index (χ3n) is 5.02. The van der Waals surface area contributed by atoms with Crippen molar-refractivity contribution >= 4 is 17.5 Å². The number of hydrogen-bond donors (Lipinski definition) is 0. The molecule has 30 heavy (non-hydrogen) atoms. The van der Waals surface area contributed by atoms with Crippen LogP contribution < -0.4 is 0 Å². The molecule has 0 aromatic heterocycles. The van der Waals surface area contributed by atoms with E-state index in [2.05, 4.69) is 0 Å². The second-order valence-electron chi connectivity index (χ2n) is 7.19. The Labute approximate surface area is 182 Å². The molecule has 0 unspecified atom stereocenters. The van der Waals surface area contributed by atoms with E-state index in [9.17, 15) is 4.79 Å². The largest absolute Gasteiger partial charge is 0.330 e. The zero-order chi connectivity index (χ0) is 20.8. The second kappa shape index (κ2) is 9.43. The van der Waals surface area contributed by atoms with Crippen molar-refractivity contribution in [2.75, 3.05) is 0 Å². The number of rotatable bonds is 6. The van der Waals surface area contributed by atoms with E-state index in [1.807, 2.05) is 108 Å². The number of amides is 1. The molecule has 0 aliphatic heterocycles. The van der Waals surface area contributed by atoms with Crippen LogP contribution in [0, 0.1) is 0 Å². The smallest absolute Gasteiger partial charge is 0.255 e. The molecular weight excluding hydrogens is 390 g/mol. The number of hydrogen-bond acceptors (Lipinski definition) is 1. The van der Waals surface area contributed by atoms with E-state index in [1.54, 1.807) is 6.07 Å². The molecule has 1 amide bonds. The third-order valence-corrected chi connectivity index (χ3v) is 5.25. The molecule has 0 heterocycles. The van der Waals surface area contributed by atoms with Crippen LogP contribution in [-0.4, -0.2) is 10.8 Å². The van der Waals surface area contributed by atoms with Gasteiger partial charge in [-0.25, -0.2) is 0 Å². The molecule has 0 saturated heterocycles. The van der Waals surface area contributed by atoms with Gasteiger partial charge < -0.3 is 4.90 Å². The predicted molar refractivity (Wildman–Crippen MR) is 123 cm³/mol. The Kier molecular flexibility index (Phi) is 6.26. The van der Waals surface area contributed by atoms with E-state index in [0.717, 1.165) is 22.3 Å². The molecule has 3 heteroatoms. The number of nitrogens with zero attached hydrogens (tertiary/aromatic N) is 1. The molecule has 4 aromatic rings. The van der Waals surface area contributed by atoms with Gasteiger partial charge in [0.05, 0.1) is 0 Å². The molecule has 0 aliphatic carbocycles. The third kappa shape index (κ3) is 4.79. The van der Waals surface area contributed by atoms with Crippen LogP contribution in [0.4, 0.5) is 0 Å². The van der Waals surface area contributed by atoms with Crippen LogP contribution in [0.5, 0.6) is 0 Å². The molecule has 0 atom stereocenters. The normalized spacial score (nSPS) is 10.6. The summed E-state index contributed by atoms with van der Waals surface area (Å²) in [6.07, 6.45) is 0. The molecule has 0 spiro atoms. The van der Waals surface area contributed by atoms with Gasteiger partial charge in [-0.15, -0.1) is 0 Å². The van der Waals surface area contributed by atoms with Gasteiger partial charge in [0.1, 0.15) is 0 Å². The van der Waals surface area contributed by atoms with Crippen LogP contribution in [0.2, 0.25) is 5.02 Å². The highest BCUT2D eigenvalue weighted by Crippen LogP contribution is 2.28. The highest BCUT2D eigenvalue weighted by molar-refractivity contribution is 6.31.